The van der Waals surface area contributed by atoms with E-state index in [1.807, 2.05) is 18.2 Å². The van der Waals surface area contributed by atoms with E-state index in [2.05, 4.69) is 38.1 Å². The van der Waals surface area contributed by atoms with E-state index in [-0.39, 0.29) is 0 Å². The summed E-state index contributed by atoms with van der Waals surface area (Å²) < 4.78 is 11.1. The molecule has 1 fully saturated rings. The minimum atomic E-state index is -0.554. The van der Waals surface area contributed by atoms with E-state index in [0.717, 1.165) is 49.7 Å². The van der Waals surface area contributed by atoms with Crippen LogP contribution in [-0.2, 0) is 0 Å². The Hall–Kier alpha value is -3.79. The van der Waals surface area contributed by atoms with Crippen LogP contribution in [0.2, 0.25) is 10.0 Å². The number of carbonyl (C=O) groups is 1. The first kappa shape index (κ1) is 27.8. The summed E-state index contributed by atoms with van der Waals surface area (Å²) in [6.45, 7) is 6.81. The van der Waals surface area contributed by atoms with Crippen LogP contribution in [-0.4, -0.2) is 67.7 Å². The van der Waals surface area contributed by atoms with Gasteiger partial charge < -0.3 is 30.3 Å². The van der Waals surface area contributed by atoms with E-state index in [9.17, 15) is 4.79 Å². The quantitative estimate of drug-likeness (QED) is 0.277. The lowest BCUT2D eigenvalue weighted by Gasteiger charge is -2.37. The summed E-state index contributed by atoms with van der Waals surface area (Å²) >= 11 is 13.8. The monoisotopic (exact) mass is 580 g/mol. The number of primary amides is 1. The molecule has 11 heteroatoms. The minimum absolute atomic E-state index is 0.326. The predicted octanol–water partition coefficient (Wildman–Crippen LogP) is 5.61. The maximum Gasteiger partial charge on any atom is 0.250 e. The molecule has 0 atom stereocenters. The van der Waals surface area contributed by atoms with Crippen LogP contribution in [0.1, 0.15) is 17.3 Å². The highest BCUT2D eigenvalue weighted by molar-refractivity contribution is 6.41. The maximum atomic E-state index is 12.0. The normalized spacial score (nSPS) is 13.9. The topological polar surface area (TPSA) is 106 Å². The molecule has 1 aliphatic heterocycles. The largest absolute Gasteiger partial charge is 0.495 e. The molecule has 1 amide bonds. The number of carbonyl (C=O) groups excluding carboxylic acids is 1. The smallest absolute Gasteiger partial charge is 0.250 e. The van der Waals surface area contributed by atoms with Crippen molar-refractivity contribution in [2.75, 3.05) is 57.2 Å². The van der Waals surface area contributed by atoms with Gasteiger partial charge in [-0.1, -0.05) is 36.2 Å². The Balaban J connectivity index is 1.65. The second kappa shape index (κ2) is 11.8. The molecule has 1 aliphatic rings. The molecule has 0 radical (unpaired) electrons. The highest BCUT2D eigenvalue weighted by Crippen LogP contribution is 2.49. The number of likely N-dealkylation sites (N-methyl/N-ethyl adjacent to an activating group) is 1. The zero-order chi connectivity index (χ0) is 28.4. The molecule has 0 aliphatic carbocycles. The molecular formula is C29H30Cl2N6O3. The third kappa shape index (κ3) is 5.20. The van der Waals surface area contributed by atoms with Crippen molar-refractivity contribution in [2.24, 2.45) is 5.73 Å². The summed E-state index contributed by atoms with van der Waals surface area (Å²) in [6, 6.07) is 12.9. The highest BCUT2D eigenvalue weighted by atomic mass is 35.5. The molecule has 208 valence electrons. The lowest BCUT2D eigenvalue weighted by molar-refractivity contribution is 0.100. The number of aromatic nitrogens is 2. The standard InChI is InChI=1S/C29H30Cl2N6O3/c1-4-36-10-12-37(13-11-36)21-9-8-17(14-20(21)24-25(30)22(39-2)15-23(40-3)26(24)31)35-29-19-7-5-6-18(28(32)38)27(19)33-16-34-29/h5-9,14-16H,4,10-13H2,1-3H3,(H2,32,38)(H,33,34,35). The molecule has 2 heterocycles. The van der Waals surface area contributed by atoms with Crippen molar-refractivity contribution < 1.29 is 14.3 Å². The van der Waals surface area contributed by atoms with Crippen molar-refractivity contribution >= 4 is 57.2 Å². The first-order valence-corrected chi connectivity index (χ1v) is 13.6. The molecule has 0 saturated carbocycles. The van der Waals surface area contributed by atoms with Crippen LogP contribution in [0.25, 0.3) is 22.0 Å². The number of piperazine rings is 1. The Morgan fingerprint density at radius 2 is 1.70 bits per heavy atom. The van der Waals surface area contributed by atoms with Gasteiger partial charge in [0.2, 0.25) is 0 Å². The fourth-order valence-electron chi connectivity index (χ4n) is 5.04. The van der Waals surface area contributed by atoms with Gasteiger partial charge in [0.15, 0.2) is 0 Å². The Morgan fingerprint density at radius 3 is 2.33 bits per heavy atom. The molecule has 0 bridgehead atoms. The Kier molecular flexibility index (Phi) is 8.16. The molecule has 40 heavy (non-hydrogen) atoms. The lowest BCUT2D eigenvalue weighted by Crippen LogP contribution is -2.46. The average Bonchev–Trinajstić information content (AvgIpc) is 2.97. The summed E-state index contributed by atoms with van der Waals surface area (Å²) in [4.78, 5) is 25.5. The van der Waals surface area contributed by atoms with Crippen molar-refractivity contribution in [3.63, 3.8) is 0 Å². The molecule has 1 aromatic heterocycles. The van der Waals surface area contributed by atoms with E-state index in [1.54, 1.807) is 32.4 Å². The van der Waals surface area contributed by atoms with Gasteiger partial charge in [-0.3, -0.25) is 4.79 Å². The number of nitrogens with zero attached hydrogens (tertiary/aromatic N) is 4. The molecule has 0 spiro atoms. The van der Waals surface area contributed by atoms with Crippen LogP contribution < -0.4 is 25.4 Å². The zero-order valence-corrected chi connectivity index (χ0v) is 24.0. The second-order valence-electron chi connectivity index (χ2n) is 9.35. The minimum Gasteiger partial charge on any atom is -0.495 e. The number of rotatable bonds is 8. The summed E-state index contributed by atoms with van der Waals surface area (Å²) in [5, 5.41) is 4.83. The molecule has 3 N–H and O–H groups in total. The summed E-state index contributed by atoms with van der Waals surface area (Å²) in [5.74, 6) is 0.891. The van der Waals surface area contributed by atoms with Gasteiger partial charge >= 0.3 is 0 Å². The number of anilines is 3. The number of methoxy groups -OCH3 is 2. The zero-order valence-electron chi connectivity index (χ0n) is 22.5. The van der Waals surface area contributed by atoms with E-state index in [0.29, 0.717) is 49.4 Å². The number of hydrogen-bond acceptors (Lipinski definition) is 8. The van der Waals surface area contributed by atoms with E-state index in [1.165, 1.54) is 6.33 Å². The summed E-state index contributed by atoms with van der Waals surface area (Å²) in [6.07, 6.45) is 1.40. The van der Waals surface area contributed by atoms with Gasteiger partial charge in [0.1, 0.15) is 23.6 Å². The van der Waals surface area contributed by atoms with E-state index >= 15 is 0 Å². The van der Waals surface area contributed by atoms with Crippen molar-refractivity contribution in [1.82, 2.24) is 14.9 Å². The van der Waals surface area contributed by atoms with Crippen LogP contribution in [0, 0.1) is 0 Å². The Labute approximate surface area is 242 Å². The van der Waals surface area contributed by atoms with Gasteiger partial charge in [0.05, 0.1) is 35.3 Å². The second-order valence-corrected chi connectivity index (χ2v) is 10.1. The van der Waals surface area contributed by atoms with Crippen molar-refractivity contribution in [3.8, 4) is 22.6 Å². The lowest BCUT2D eigenvalue weighted by atomic mass is 10.00. The number of fused-ring (bicyclic) bond motifs is 1. The number of halogens is 2. The average molecular weight is 582 g/mol. The number of benzene rings is 3. The van der Waals surface area contributed by atoms with Crippen LogP contribution in [0.5, 0.6) is 11.5 Å². The number of nitrogens with one attached hydrogen (secondary N) is 1. The van der Waals surface area contributed by atoms with Gasteiger partial charge in [0, 0.05) is 60.1 Å². The fraction of sp³-hybridized carbons (Fsp3) is 0.276. The molecule has 4 aromatic rings. The molecule has 5 rings (SSSR count). The predicted molar refractivity (Wildman–Crippen MR) is 161 cm³/mol. The van der Waals surface area contributed by atoms with Crippen LogP contribution in [0.15, 0.2) is 48.8 Å². The first-order chi connectivity index (χ1) is 19.4. The first-order valence-electron chi connectivity index (χ1n) is 12.9. The van der Waals surface area contributed by atoms with Gasteiger partial charge in [-0.05, 0) is 36.9 Å². The summed E-state index contributed by atoms with van der Waals surface area (Å²) in [7, 11) is 3.11. The number of para-hydroxylation sites is 1. The molecule has 9 nitrogen and oxygen atoms in total. The van der Waals surface area contributed by atoms with Crippen LogP contribution in [0.4, 0.5) is 17.2 Å². The number of hydrogen-bond donors (Lipinski definition) is 2. The SMILES string of the molecule is CCN1CCN(c2ccc(Nc3ncnc4c(C(N)=O)cccc34)cc2-c2c(Cl)c(OC)cc(OC)c2Cl)CC1. The maximum absolute atomic E-state index is 12.0. The van der Waals surface area contributed by atoms with Gasteiger partial charge in [0.25, 0.3) is 5.91 Å². The molecule has 3 aromatic carbocycles. The van der Waals surface area contributed by atoms with Crippen molar-refractivity contribution in [3.05, 3.63) is 64.4 Å². The van der Waals surface area contributed by atoms with Crippen molar-refractivity contribution in [1.29, 1.82) is 0 Å². The third-order valence-corrected chi connectivity index (χ3v) is 7.94. The molecule has 1 saturated heterocycles. The van der Waals surface area contributed by atoms with Crippen molar-refractivity contribution in [2.45, 2.75) is 6.92 Å². The highest BCUT2D eigenvalue weighted by Gasteiger charge is 2.25. The van der Waals surface area contributed by atoms with E-state index < -0.39 is 5.91 Å². The summed E-state index contributed by atoms with van der Waals surface area (Å²) in [5.41, 5.74) is 9.53. The molecular weight excluding hydrogens is 551 g/mol. The van der Waals surface area contributed by atoms with Gasteiger partial charge in [-0.25, -0.2) is 9.97 Å². The number of ether oxygens (including phenoxy) is 2. The van der Waals surface area contributed by atoms with Gasteiger partial charge in [-0.2, -0.15) is 0 Å². The fourth-order valence-corrected chi connectivity index (χ4v) is 5.74. The van der Waals surface area contributed by atoms with Gasteiger partial charge in [-0.15, -0.1) is 0 Å². The van der Waals surface area contributed by atoms with Crippen LogP contribution >= 0.6 is 23.2 Å². The Morgan fingerprint density at radius 1 is 1.00 bits per heavy atom. The number of nitrogens with two attached hydrogens (primary N) is 1. The van der Waals surface area contributed by atoms with E-state index in [4.69, 9.17) is 38.4 Å². The molecule has 0 unspecified atom stereocenters. The number of amides is 1. The van der Waals surface area contributed by atoms with Crippen LogP contribution in [0.3, 0.4) is 0 Å². The Bertz CT molecular complexity index is 1550. The third-order valence-electron chi connectivity index (χ3n) is 7.19.